The molecular formula is C14H20FN3O. The second-order valence-electron chi connectivity index (χ2n) is 4.57. The minimum absolute atomic E-state index is 0.292. The van der Waals surface area contributed by atoms with Gasteiger partial charge in [0.2, 0.25) is 5.95 Å². The van der Waals surface area contributed by atoms with E-state index in [1.165, 1.54) is 12.1 Å². The molecule has 0 aliphatic rings. The van der Waals surface area contributed by atoms with E-state index in [1.807, 2.05) is 4.57 Å². The van der Waals surface area contributed by atoms with Gasteiger partial charge in [0, 0.05) is 25.8 Å². The summed E-state index contributed by atoms with van der Waals surface area (Å²) >= 11 is 0. The Morgan fingerprint density at radius 3 is 2.89 bits per heavy atom. The number of nitrogens with two attached hydrogens (primary N) is 1. The van der Waals surface area contributed by atoms with Crippen LogP contribution >= 0.6 is 0 Å². The first kappa shape index (κ1) is 13.8. The predicted molar refractivity (Wildman–Crippen MR) is 74.4 cm³/mol. The third kappa shape index (κ3) is 3.44. The van der Waals surface area contributed by atoms with Gasteiger partial charge in [0.1, 0.15) is 5.82 Å². The SMILES string of the molecule is CCCCOCCCn1c(N)nc2cc(F)ccc21. The molecular weight excluding hydrogens is 245 g/mol. The van der Waals surface area contributed by atoms with Crippen LogP contribution in [0.15, 0.2) is 18.2 Å². The number of nitrogen functional groups attached to an aromatic ring is 1. The van der Waals surface area contributed by atoms with Crippen LogP contribution < -0.4 is 5.73 Å². The Labute approximate surface area is 112 Å². The maximum Gasteiger partial charge on any atom is 0.201 e. The smallest absolute Gasteiger partial charge is 0.201 e. The summed E-state index contributed by atoms with van der Waals surface area (Å²) in [5.74, 6) is 0.134. The maximum atomic E-state index is 13.1. The third-order valence-corrected chi connectivity index (χ3v) is 3.05. The van der Waals surface area contributed by atoms with Crippen molar-refractivity contribution in [3.05, 3.63) is 24.0 Å². The largest absolute Gasteiger partial charge is 0.381 e. The summed E-state index contributed by atoms with van der Waals surface area (Å²) < 4.78 is 20.5. The number of hydrogen-bond donors (Lipinski definition) is 1. The molecule has 0 fully saturated rings. The Kier molecular flexibility index (Phi) is 4.74. The lowest BCUT2D eigenvalue weighted by Crippen LogP contribution is -2.06. The van der Waals surface area contributed by atoms with Gasteiger partial charge < -0.3 is 15.0 Å². The number of rotatable bonds is 7. The molecule has 0 saturated heterocycles. The maximum absolute atomic E-state index is 13.1. The first-order chi connectivity index (χ1) is 9.22. The monoisotopic (exact) mass is 265 g/mol. The molecule has 4 nitrogen and oxygen atoms in total. The Morgan fingerprint density at radius 1 is 1.32 bits per heavy atom. The topological polar surface area (TPSA) is 53.1 Å². The molecule has 0 atom stereocenters. The summed E-state index contributed by atoms with van der Waals surface area (Å²) in [6, 6.07) is 4.55. The first-order valence-corrected chi connectivity index (χ1v) is 6.71. The highest BCUT2D eigenvalue weighted by atomic mass is 19.1. The van der Waals surface area contributed by atoms with E-state index in [9.17, 15) is 4.39 Å². The number of fused-ring (bicyclic) bond motifs is 1. The predicted octanol–water partition coefficient (Wildman–Crippen LogP) is 2.96. The fourth-order valence-corrected chi connectivity index (χ4v) is 2.03. The van der Waals surface area contributed by atoms with E-state index in [2.05, 4.69) is 11.9 Å². The van der Waals surface area contributed by atoms with Crippen LogP contribution in [-0.2, 0) is 11.3 Å². The van der Waals surface area contributed by atoms with Gasteiger partial charge in [-0.1, -0.05) is 13.3 Å². The summed E-state index contributed by atoms with van der Waals surface area (Å²) in [5, 5.41) is 0. The molecule has 0 aliphatic heterocycles. The lowest BCUT2D eigenvalue weighted by molar-refractivity contribution is 0.126. The van der Waals surface area contributed by atoms with Crippen molar-refractivity contribution in [2.45, 2.75) is 32.7 Å². The Morgan fingerprint density at radius 2 is 2.11 bits per heavy atom. The van der Waals surface area contributed by atoms with Crippen LogP contribution in [0.4, 0.5) is 10.3 Å². The van der Waals surface area contributed by atoms with Crippen molar-refractivity contribution in [1.29, 1.82) is 0 Å². The fourth-order valence-electron chi connectivity index (χ4n) is 2.03. The quantitative estimate of drug-likeness (QED) is 0.783. The van der Waals surface area contributed by atoms with Gasteiger partial charge in [0.15, 0.2) is 0 Å². The van der Waals surface area contributed by atoms with Crippen molar-refractivity contribution in [3.8, 4) is 0 Å². The molecule has 0 aliphatic carbocycles. The minimum atomic E-state index is -0.292. The molecule has 0 amide bonds. The average Bonchev–Trinajstić information content (AvgIpc) is 2.69. The summed E-state index contributed by atoms with van der Waals surface area (Å²) in [5.41, 5.74) is 7.32. The van der Waals surface area contributed by atoms with Gasteiger partial charge in [0.25, 0.3) is 0 Å². The van der Waals surface area contributed by atoms with Gasteiger partial charge in [-0.2, -0.15) is 0 Å². The summed E-state index contributed by atoms with van der Waals surface area (Å²) in [7, 11) is 0. The number of aryl methyl sites for hydroxylation is 1. The van der Waals surface area contributed by atoms with Crippen LogP contribution in [0.1, 0.15) is 26.2 Å². The number of aromatic nitrogens is 2. The number of imidazole rings is 1. The Hall–Kier alpha value is -1.62. The van der Waals surface area contributed by atoms with E-state index < -0.39 is 0 Å². The standard InChI is InChI=1S/C14H20FN3O/c1-2-3-8-19-9-4-7-18-13-6-5-11(15)10-12(13)17-14(18)16/h5-6,10H,2-4,7-9H2,1H3,(H2,16,17). The summed E-state index contributed by atoms with van der Waals surface area (Å²) in [4.78, 5) is 4.16. The van der Waals surface area contributed by atoms with Crippen LogP contribution in [0, 0.1) is 5.82 Å². The molecule has 5 heteroatoms. The highest BCUT2D eigenvalue weighted by Crippen LogP contribution is 2.19. The highest BCUT2D eigenvalue weighted by Gasteiger charge is 2.08. The highest BCUT2D eigenvalue weighted by molar-refractivity contribution is 5.78. The molecule has 2 rings (SSSR count). The average molecular weight is 265 g/mol. The molecule has 1 aromatic carbocycles. The molecule has 0 unspecified atom stereocenters. The zero-order valence-corrected chi connectivity index (χ0v) is 11.2. The van der Waals surface area contributed by atoms with Crippen molar-refractivity contribution in [3.63, 3.8) is 0 Å². The van der Waals surface area contributed by atoms with Gasteiger partial charge in [-0.05, 0) is 25.0 Å². The molecule has 19 heavy (non-hydrogen) atoms. The molecule has 1 heterocycles. The lowest BCUT2D eigenvalue weighted by Gasteiger charge is -2.07. The van der Waals surface area contributed by atoms with Gasteiger partial charge in [0.05, 0.1) is 11.0 Å². The van der Waals surface area contributed by atoms with Crippen LogP contribution in [0.5, 0.6) is 0 Å². The van der Waals surface area contributed by atoms with Gasteiger partial charge >= 0.3 is 0 Å². The van der Waals surface area contributed by atoms with Crippen LogP contribution in [-0.4, -0.2) is 22.8 Å². The van der Waals surface area contributed by atoms with E-state index in [1.54, 1.807) is 6.07 Å². The number of halogens is 1. The molecule has 104 valence electrons. The van der Waals surface area contributed by atoms with Crippen LogP contribution in [0.25, 0.3) is 11.0 Å². The minimum Gasteiger partial charge on any atom is -0.381 e. The van der Waals surface area contributed by atoms with E-state index in [-0.39, 0.29) is 5.82 Å². The van der Waals surface area contributed by atoms with Gasteiger partial charge in [-0.3, -0.25) is 0 Å². The number of ether oxygens (including phenoxy) is 1. The van der Waals surface area contributed by atoms with Crippen LogP contribution in [0.2, 0.25) is 0 Å². The zero-order valence-electron chi connectivity index (χ0n) is 11.2. The second kappa shape index (κ2) is 6.52. The van der Waals surface area contributed by atoms with Crippen molar-refractivity contribution in [2.24, 2.45) is 0 Å². The number of anilines is 1. The van der Waals surface area contributed by atoms with E-state index >= 15 is 0 Å². The van der Waals surface area contributed by atoms with Crippen molar-refractivity contribution in [1.82, 2.24) is 9.55 Å². The van der Waals surface area contributed by atoms with Crippen molar-refractivity contribution < 1.29 is 9.13 Å². The zero-order chi connectivity index (χ0) is 13.7. The summed E-state index contributed by atoms with van der Waals surface area (Å²) in [6.07, 6.45) is 3.11. The normalized spacial score (nSPS) is 11.3. The molecule has 0 saturated carbocycles. The third-order valence-electron chi connectivity index (χ3n) is 3.05. The molecule has 0 spiro atoms. The van der Waals surface area contributed by atoms with E-state index in [0.29, 0.717) is 18.1 Å². The van der Waals surface area contributed by atoms with Crippen molar-refractivity contribution >= 4 is 17.0 Å². The molecule has 2 N–H and O–H groups in total. The second-order valence-corrected chi connectivity index (χ2v) is 4.57. The fraction of sp³-hybridized carbons (Fsp3) is 0.500. The number of unbranched alkanes of at least 4 members (excludes halogenated alkanes) is 1. The van der Waals surface area contributed by atoms with E-state index in [0.717, 1.165) is 37.9 Å². The molecule has 0 radical (unpaired) electrons. The molecule has 2 aromatic rings. The number of hydrogen-bond acceptors (Lipinski definition) is 3. The molecule has 1 aromatic heterocycles. The Bertz CT molecular complexity index is 539. The Balaban J connectivity index is 1.95. The van der Waals surface area contributed by atoms with Gasteiger partial charge in [-0.15, -0.1) is 0 Å². The van der Waals surface area contributed by atoms with Gasteiger partial charge in [-0.25, -0.2) is 9.37 Å². The first-order valence-electron chi connectivity index (χ1n) is 6.71. The summed E-state index contributed by atoms with van der Waals surface area (Å²) in [6.45, 7) is 4.39. The van der Waals surface area contributed by atoms with Crippen molar-refractivity contribution in [2.75, 3.05) is 18.9 Å². The van der Waals surface area contributed by atoms with E-state index in [4.69, 9.17) is 10.5 Å². The molecule has 0 bridgehead atoms. The number of nitrogens with zero attached hydrogens (tertiary/aromatic N) is 2. The number of benzene rings is 1. The van der Waals surface area contributed by atoms with Crippen LogP contribution in [0.3, 0.4) is 0 Å². The lowest BCUT2D eigenvalue weighted by atomic mass is 10.3.